The van der Waals surface area contributed by atoms with Crippen LogP contribution in [0, 0.1) is 11.6 Å². The summed E-state index contributed by atoms with van der Waals surface area (Å²) < 4.78 is 37.1. The molecule has 0 saturated carbocycles. The zero-order valence-corrected chi connectivity index (χ0v) is 21.2. The van der Waals surface area contributed by atoms with Crippen molar-refractivity contribution in [3.05, 3.63) is 84.6 Å². The molecule has 0 saturated heterocycles. The van der Waals surface area contributed by atoms with Crippen molar-refractivity contribution >= 4 is 52.0 Å². The molecule has 0 bridgehead atoms. The Bertz CT molecular complexity index is 1810. The molecule has 5 aromatic rings. The topological polar surface area (TPSA) is 138 Å². The number of benzene rings is 2. The summed E-state index contributed by atoms with van der Waals surface area (Å²) in [5.41, 5.74) is -0.889. The van der Waals surface area contributed by atoms with Crippen molar-refractivity contribution in [2.45, 2.75) is 13.1 Å². The van der Waals surface area contributed by atoms with E-state index in [-0.39, 0.29) is 45.6 Å². The van der Waals surface area contributed by atoms with E-state index < -0.39 is 29.6 Å². The fourth-order valence-electron chi connectivity index (χ4n) is 3.63. The van der Waals surface area contributed by atoms with E-state index in [0.29, 0.717) is 17.2 Å². The lowest BCUT2D eigenvalue weighted by Gasteiger charge is -2.16. The van der Waals surface area contributed by atoms with Gasteiger partial charge in [-0.25, -0.2) is 27.9 Å². The van der Waals surface area contributed by atoms with E-state index in [2.05, 4.69) is 30.7 Å². The fourth-order valence-corrected chi connectivity index (χ4v) is 4.02. The molecule has 3 heterocycles. The number of anilines is 3. The van der Waals surface area contributed by atoms with Crippen LogP contribution < -0.4 is 22.0 Å². The molecule has 196 valence electrons. The molecule has 3 aromatic heterocycles. The number of nitrogens with one attached hydrogen (secondary N) is 2. The summed E-state index contributed by atoms with van der Waals surface area (Å²) in [5, 5.41) is 9.51. The van der Waals surface area contributed by atoms with Crippen LogP contribution in [0.1, 0.15) is 11.4 Å². The molecule has 5 rings (SSSR count). The van der Waals surface area contributed by atoms with Crippen LogP contribution in [-0.2, 0) is 20.1 Å². The number of nitrogens with zero attached hydrogens (tertiary/aromatic N) is 7. The third kappa shape index (κ3) is 4.82. The molecule has 12 nitrogen and oxygen atoms in total. The van der Waals surface area contributed by atoms with Crippen molar-refractivity contribution < 1.29 is 13.2 Å². The first kappa shape index (κ1) is 25.4. The van der Waals surface area contributed by atoms with Gasteiger partial charge in [0.05, 0.1) is 28.8 Å². The molecule has 16 heteroatoms. The maximum atomic E-state index is 14.6. The van der Waals surface area contributed by atoms with Crippen molar-refractivity contribution in [1.82, 2.24) is 33.9 Å². The zero-order chi connectivity index (χ0) is 27.1. The van der Waals surface area contributed by atoms with Gasteiger partial charge in [-0.2, -0.15) is 15.1 Å². The highest BCUT2D eigenvalue weighted by molar-refractivity contribution is 6.34. The van der Waals surface area contributed by atoms with Gasteiger partial charge in [0, 0.05) is 31.8 Å². The number of hydrogen-bond donors (Lipinski definition) is 2. The van der Waals surface area contributed by atoms with E-state index in [1.54, 1.807) is 14.1 Å². The molecule has 0 unspecified atom stereocenters. The third-order valence-electron chi connectivity index (χ3n) is 5.45. The second-order valence-electron chi connectivity index (χ2n) is 8.06. The molecule has 0 fully saturated rings. The highest BCUT2D eigenvalue weighted by Gasteiger charge is 2.19. The second kappa shape index (κ2) is 9.87. The number of aromatic nitrogens is 7. The molecule has 2 N–H and O–H groups in total. The third-order valence-corrected chi connectivity index (χ3v) is 6.05. The van der Waals surface area contributed by atoms with Gasteiger partial charge < -0.3 is 15.1 Å². The van der Waals surface area contributed by atoms with Crippen LogP contribution in [0.2, 0.25) is 10.0 Å². The summed E-state index contributed by atoms with van der Waals surface area (Å²) in [4.78, 5) is 38.6. The molecule has 38 heavy (non-hydrogen) atoms. The minimum Gasteiger partial charge on any atom is -0.423 e. The number of rotatable bonds is 7. The van der Waals surface area contributed by atoms with E-state index in [1.807, 2.05) is 0 Å². The number of hydrogen-bond acceptors (Lipinski definition) is 9. The van der Waals surface area contributed by atoms with Crippen molar-refractivity contribution in [3.63, 3.8) is 0 Å². The van der Waals surface area contributed by atoms with Crippen molar-refractivity contribution in [2.75, 3.05) is 17.7 Å². The SMILES string of the molecule is CNc1nc2cc(Cl)c(Nc3nc(=O)n(Cc4ncn(C)n4)c(=O)n3Cc3cc(Cl)c(F)cc3F)cc2o1. The maximum absolute atomic E-state index is 14.6. The molecular weight excluding hydrogens is 547 g/mol. The Kier molecular flexibility index (Phi) is 6.59. The second-order valence-corrected chi connectivity index (χ2v) is 8.87. The van der Waals surface area contributed by atoms with Gasteiger partial charge in [-0.05, 0) is 12.1 Å². The summed E-state index contributed by atoms with van der Waals surface area (Å²) in [7, 11) is 3.25. The molecule has 0 aliphatic heterocycles. The number of oxazole rings is 1. The summed E-state index contributed by atoms with van der Waals surface area (Å²) in [6.45, 7) is -0.752. The van der Waals surface area contributed by atoms with Crippen LogP contribution in [0.4, 0.5) is 26.4 Å². The molecular formula is C22H17Cl2F2N9O3. The van der Waals surface area contributed by atoms with Gasteiger partial charge in [0.2, 0.25) is 5.95 Å². The Hall–Kier alpha value is -4.30. The van der Waals surface area contributed by atoms with Gasteiger partial charge in [-0.3, -0.25) is 9.25 Å². The van der Waals surface area contributed by atoms with Gasteiger partial charge >= 0.3 is 11.4 Å². The van der Waals surface area contributed by atoms with Crippen LogP contribution in [0.25, 0.3) is 11.1 Å². The quantitative estimate of drug-likeness (QED) is 0.286. The molecule has 0 atom stereocenters. The van der Waals surface area contributed by atoms with Crippen LogP contribution in [-0.4, -0.2) is 40.9 Å². The Labute approximate surface area is 221 Å². The highest BCUT2D eigenvalue weighted by Crippen LogP contribution is 2.31. The van der Waals surface area contributed by atoms with Gasteiger partial charge in [0.15, 0.2) is 11.4 Å². The largest absolute Gasteiger partial charge is 0.423 e. The predicted molar refractivity (Wildman–Crippen MR) is 135 cm³/mol. The van der Waals surface area contributed by atoms with Gasteiger partial charge in [0.25, 0.3) is 6.01 Å². The minimum absolute atomic E-state index is 0.125. The van der Waals surface area contributed by atoms with E-state index in [1.165, 1.54) is 23.1 Å². The molecule has 0 spiro atoms. The Balaban J connectivity index is 1.63. The first-order valence-corrected chi connectivity index (χ1v) is 11.6. The van der Waals surface area contributed by atoms with Crippen LogP contribution in [0.5, 0.6) is 0 Å². The molecule has 0 aliphatic rings. The lowest BCUT2D eigenvalue weighted by molar-refractivity contribution is 0.544. The van der Waals surface area contributed by atoms with Crippen molar-refractivity contribution in [2.24, 2.45) is 7.05 Å². The smallest absolute Gasteiger partial charge is 0.355 e. The first-order valence-electron chi connectivity index (χ1n) is 10.9. The monoisotopic (exact) mass is 563 g/mol. The first-order chi connectivity index (χ1) is 18.1. The van der Waals surface area contributed by atoms with Gasteiger partial charge in [-0.15, -0.1) is 0 Å². The van der Waals surface area contributed by atoms with Crippen LogP contribution in [0.3, 0.4) is 0 Å². The van der Waals surface area contributed by atoms with E-state index in [0.717, 1.165) is 15.2 Å². The zero-order valence-electron chi connectivity index (χ0n) is 19.7. The van der Waals surface area contributed by atoms with Crippen LogP contribution in [0.15, 0.2) is 44.6 Å². The number of fused-ring (bicyclic) bond motifs is 1. The maximum Gasteiger partial charge on any atom is 0.355 e. The molecule has 0 aliphatic carbocycles. The Morgan fingerprint density at radius 3 is 2.50 bits per heavy atom. The average molecular weight is 564 g/mol. The fraction of sp³-hybridized carbons (Fsp3) is 0.182. The lowest BCUT2D eigenvalue weighted by atomic mass is 10.2. The van der Waals surface area contributed by atoms with Crippen LogP contribution >= 0.6 is 23.2 Å². The van der Waals surface area contributed by atoms with E-state index in [4.69, 9.17) is 27.6 Å². The van der Waals surface area contributed by atoms with Gasteiger partial charge in [-0.1, -0.05) is 23.2 Å². The molecule has 0 amide bonds. The number of aryl methyl sites for hydroxylation is 1. The highest BCUT2D eigenvalue weighted by atomic mass is 35.5. The van der Waals surface area contributed by atoms with Crippen molar-refractivity contribution in [1.29, 1.82) is 0 Å². The van der Waals surface area contributed by atoms with E-state index in [9.17, 15) is 18.4 Å². The summed E-state index contributed by atoms with van der Waals surface area (Å²) in [5.74, 6) is -2.00. The average Bonchev–Trinajstić information content (AvgIpc) is 3.47. The van der Waals surface area contributed by atoms with Gasteiger partial charge in [0.1, 0.15) is 23.5 Å². The Morgan fingerprint density at radius 2 is 1.79 bits per heavy atom. The molecule has 0 radical (unpaired) electrons. The normalized spacial score (nSPS) is 11.3. The summed E-state index contributed by atoms with van der Waals surface area (Å²) in [6.07, 6.45) is 1.40. The summed E-state index contributed by atoms with van der Waals surface area (Å²) in [6, 6.07) is 4.91. The minimum atomic E-state index is -0.962. The Morgan fingerprint density at radius 1 is 1.00 bits per heavy atom. The predicted octanol–water partition coefficient (Wildman–Crippen LogP) is 3.14. The van der Waals surface area contributed by atoms with Crippen molar-refractivity contribution in [3.8, 4) is 0 Å². The lowest BCUT2D eigenvalue weighted by Crippen LogP contribution is -2.43. The standard InChI is InChI=1S/C22H17Cl2F2N9O3/c1-27-20-30-16-4-12(24)15(6-17(16)38-20)29-19-31-21(36)35(8-18-28-9-33(2)32-18)22(37)34(19)7-10-3-11(23)14(26)5-13(10)25/h3-6,9H,7-8H2,1-2H3,(H,27,30)(H,29,31,36). The summed E-state index contributed by atoms with van der Waals surface area (Å²) >= 11 is 12.2. The molecule has 2 aromatic carbocycles. The van der Waals surface area contributed by atoms with E-state index >= 15 is 0 Å². The number of halogens is 4.